The number of hydrogen-bond acceptors (Lipinski definition) is 11. The molecule has 0 bridgehead atoms. The summed E-state index contributed by atoms with van der Waals surface area (Å²) in [6.07, 6.45) is 1.61. The highest BCUT2D eigenvalue weighted by Gasteiger charge is 2.23. The number of carbonyl (C=O) groups is 2. The molecule has 0 radical (unpaired) electrons. The van der Waals surface area contributed by atoms with E-state index in [9.17, 15) is 18.0 Å². The van der Waals surface area contributed by atoms with E-state index >= 15 is 0 Å². The highest BCUT2D eigenvalue weighted by Crippen LogP contribution is 2.39. The lowest BCUT2D eigenvalue weighted by Gasteiger charge is -2.26. The third kappa shape index (κ3) is 10.2. The molecule has 14 nitrogen and oxygen atoms in total. The van der Waals surface area contributed by atoms with Crippen molar-refractivity contribution in [2.75, 3.05) is 80.2 Å². The number of pyridine rings is 1. The maximum atomic E-state index is 13.4. The number of methoxy groups -OCH3 is 2. The number of amides is 3. The van der Waals surface area contributed by atoms with Gasteiger partial charge in [-0.25, -0.2) is 18.2 Å². The number of hydrogen-bond donors (Lipinski definition) is 5. The van der Waals surface area contributed by atoms with Crippen LogP contribution in [-0.4, -0.2) is 89.2 Å². The Kier molecular flexibility index (Phi) is 12.4. The molecule has 15 heteroatoms. The van der Waals surface area contributed by atoms with Crippen molar-refractivity contribution >= 4 is 61.1 Å². The first kappa shape index (κ1) is 40.6. The summed E-state index contributed by atoms with van der Waals surface area (Å²) < 4.78 is 41.0. The van der Waals surface area contributed by atoms with Gasteiger partial charge >= 0.3 is 6.03 Å². The summed E-state index contributed by atoms with van der Waals surface area (Å²) in [5, 5.41) is 16.8. The van der Waals surface area contributed by atoms with E-state index in [1.165, 1.54) is 7.11 Å². The second-order valence-corrected chi connectivity index (χ2v) is 16.9. The van der Waals surface area contributed by atoms with Gasteiger partial charge in [0.05, 0.1) is 42.8 Å². The Balaban J connectivity index is 1.14. The largest absolute Gasteiger partial charge is 0.497 e. The molecule has 0 atom stereocenters. The molecular weight excluding hydrogens is 747 g/mol. The lowest BCUT2D eigenvalue weighted by atomic mass is 9.86. The molecule has 3 amide bonds. The molecular formula is C42H49N7O7S. The number of ether oxygens (including phenoxy) is 3. The fraction of sp³-hybridized carbons (Fsp3) is 0.310. The van der Waals surface area contributed by atoms with E-state index in [2.05, 4.69) is 52.3 Å². The zero-order valence-electron chi connectivity index (χ0n) is 33.0. The summed E-state index contributed by atoms with van der Waals surface area (Å²) in [4.78, 5) is 33.0. The maximum absolute atomic E-state index is 13.4. The average Bonchev–Trinajstić information content (AvgIpc) is 3.18. The molecule has 1 saturated heterocycles. The summed E-state index contributed by atoms with van der Waals surface area (Å²) in [5.74, 6) is 2.54. The molecule has 1 aliphatic rings. The SMILES string of the molecule is CNc1cc(C(C)(C)C)cc(NC(=O)Nc2ccc(Oc3ccnc(Nc4cc(OC)cc(C(=O)NCCN5CCS(=O)(=O)CC5)c4)c3)c3ccccc23)c1OC. The van der Waals surface area contributed by atoms with E-state index in [0.717, 1.165) is 22.0 Å². The summed E-state index contributed by atoms with van der Waals surface area (Å²) in [6.45, 7) is 8.17. The van der Waals surface area contributed by atoms with Crippen LogP contribution in [0, 0.1) is 0 Å². The van der Waals surface area contributed by atoms with Gasteiger partial charge in [0.1, 0.15) is 23.1 Å². The number of fused-ring (bicyclic) bond motifs is 1. The first-order valence-corrected chi connectivity index (χ1v) is 20.4. The number of aromatic nitrogens is 1. The van der Waals surface area contributed by atoms with E-state index in [4.69, 9.17) is 14.2 Å². The van der Waals surface area contributed by atoms with Crippen molar-refractivity contribution in [2.45, 2.75) is 26.2 Å². The number of sulfone groups is 1. The summed E-state index contributed by atoms with van der Waals surface area (Å²) >= 11 is 0. The van der Waals surface area contributed by atoms with E-state index in [1.54, 1.807) is 55.8 Å². The normalized spacial score (nSPS) is 14.0. The van der Waals surface area contributed by atoms with Gasteiger partial charge in [-0.1, -0.05) is 45.0 Å². The van der Waals surface area contributed by atoms with Crippen molar-refractivity contribution in [3.05, 3.63) is 96.2 Å². The molecule has 0 saturated carbocycles. The molecule has 4 aromatic carbocycles. The molecule has 57 heavy (non-hydrogen) atoms. The van der Waals surface area contributed by atoms with Gasteiger partial charge in [0.2, 0.25) is 0 Å². The Morgan fingerprint density at radius 2 is 1.54 bits per heavy atom. The molecule has 0 aliphatic carbocycles. The fourth-order valence-corrected chi connectivity index (χ4v) is 7.72. The molecule has 5 N–H and O–H groups in total. The quantitative estimate of drug-likeness (QED) is 0.0814. The van der Waals surface area contributed by atoms with Crippen molar-refractivity contribution in [1.82, 2.24) is 15.2 Å². The molecule has 1 fully saturated rings. The topological polar surface area (TPSA) is 172 Å². The summed E-state index contributed by atoms with van der Waals surface area (Å²) in [6, 6.07) is 23.3. The molecule has 1 aromatic heterocycles. The molecule has 6 rings (SSSR count). The van der Waals surface area contributed by atoms with Gasteiger partial charge in [0.25, 0.3) is 5.91 Å². The van der Waals surface area contributed by atoms with Crippen molar-refractivity contribution < 1.29 is 32.2 Å². The van der Waals surface area contributed by atoms with E-state index in [1.807, 2.05) is 48.3 Å². The van der Waals surface area contributed by atoms with Crippen LogP contribution in [0.1, 0.15) is 36.7 Å². The molecule has 300 valence electrons. The second kappa shape index (κ2) is 17.4. The second-order valence-electron chi connectivity index (χ2n) is 14.6. The maximum Gasteiger partial charge on any atom is 0.323 e. The van der Waals surface area contributed by atoms with Crippen LogP contribution >= 0.6 is 0 Å². The summed E-state index contributed by atoms with van der Waals surface area (Å²) in [7, 11) is 1.94. The minimum atomic E-state index is -2.97. The highest BCUT2D eigenvalue weighted by molar-refractivity contribution is 7.91. The van der Waals surface area contributed by atoms with Crippen molar-refractivity contribution in [2.24, 2.45) is 0 Å². The van der Waals surface area contributed by atoms with E-state index in [0.29, 0.717) is 77.6 Å². The third-order valence-electron chi connectivity index (χ3n) is 9.60. The Hall–Kier alpha value is -6.06. The van der Waals surface area contributed by atoms with Crippen LogP contribution in [0.2, 0.25) is 0 Å². The highest BCUT2D eigenvalue weighted by atomic mass is 32.2. The van der Waals surface area contributed by atoms with Crippen molar-refractivity contribution in [3.8, 4) is 23.0 Å². The number of rotatable bonds is 13. The van der Waals surface area contributed by atoms with Gasteiger partial charge < -0.3 is 40.8 Å². The average molecular weight is 796 g/mol. The van der Waals surface area contributed by atoms with Crippen LogP contribution in [0.5, 0.6) is 23.0 Å². The van der Waals surface area contributed by atoms with Crippen LogP contribution in [-0.2, 0) is 15.3 Å². The predicted molar refractivity (Wildman–Crippen MR) is 226 cm³/mol. The number of nitrogens with zero attached hydrogens (tertiary/aromatic N) is 2. The van der Waals surface area contributed by atoms with Gasteiger partial charge in [-0.2, -0.15) is 0 Å². The molecule has 1 aliphatic heterocycles. The fourth-order valence-electron chi connectivity index (χ4n) is 6.45. The Labute approximate surface area is 333 Å². The number of anilines is 5. The van der Waals surface area contributed by atoms with Gasteiger partial charge in [-0.05, 0) is 53.4 Å². The van der Waals surface area contributed by atoms with Crippen molar-refractivity contribution in [1.29, 1.82) is 0 Å². The van der Waals surface area contributed by atoms with Gasteiger partial charge in [-0.3, -0.25) is 9.69 Å². The Morgan fingerprint density at radius 3 is 2.25 bits per heavy atom. The molecule has 0 spiro atoms. The number of nitrogens with one attached hydrogen (secondary N) is 5. The van der Waals surface area contributed by atoms with Crippen LogP contribution in [0.4, 0.5) is 33.4 Å². The number of urea groups is 1. The minimum absolute atomic E-state index is 0.135. The molecule has 2 heterocycles. The molecule has 0 unspecified atom stereocenters. The van der Waals surface area contributed by atoms with Crippen molar-refractivity contribution in [3.63, 3.8) is 0 Å². The van der Waals surface area contributed by atoms with Gasteiger partial charge in [0, 0.05) is 73.6 Å². The monoisotopic (exact) mass is 795 g/mol. The number of benzene rings is 4. The van der Waals surface area contributed by atoms with Gasteiger partial charge in [-0.15, -0.1) is 0 Å². The Bertz CT molecular complexity index is 2370. The van der Waals surface area contributed by atoms with Crippen LogP contribution < -0.4 is 40.8 Å². The predicted octanol–water partition coefficient (Wildman–Crippen LogP) is 7.23. The van der Waals surface area contributed by atoms with Crippen LogP contribution in [0.3, 0.4) is 0 Å². The Morgan fingerprint density at radius 1 is 0.825 bits per heavy atom. The lowest BCUT2D eigenvalue weighted by Crippen LogP contribution is -2.43. The smallest absolute Gasteiger partial charge is 0.323 e. The zero-order valence-corrected chi connectivity index (χ0v) is 33.8. The molecule has 5 aromatic rings. The first-order valence-electron chi connectivity index (χ1n) is 18.6. The zero-order chi connectivity index (χ0) is 40.7. The minimum Gasteiger partial charge on any atom is -0.497 e. The van der Waals surface area contributed by atoms with Gasteiger partial charge in [0.15, 0.2) is 15.6 Å². The first-order chi connectivity index (χ1) is 27.2. The third-order valence-corrected chi connectivity index (χ3v) is 11.2. The van der Waals surface area contributed by atoms with Crippen LogP contribution in [0.15, 0.2) is 85.1 Å². The standard InChI is InChI=1S/C42H49N7O7S/c1-42(2,3)28-23-35(43-4)39(55-6)36(24-28)48-41(51)47-34-11-12-37(33-10-8-7-9-32(33)34)56-30-13-14-44-38(26-30)46-29-21-27(22-31(25-29)54-5)40(50)45-15-16-49-17-19-57(52,53)20-18-49/h7-14,21-26,43H,15-20H2,1-6H3,(H,44,46)(H,45,50)(H2,47,48,51). The van der Waals surface area contributed by atoms with Crippen LogP contribution in [0.25, 0.3) is 10.8 Å². The summed E-state index contributed by atoms with van der Waals surface area (Å²) in [5.41, 5.74) is 3.73. The lowest BCUT2D eigenvalue weighted by molar-refractivity contribution is 0.0948. The number of carbonyl (C=O) groups excluding carboxylic acids is 2. The van der Waals surface area contributed by atoms with E-state index < -0.39 is 15.9 Å². The van der Waals surface area contributed by atoms with E-state index in [-0.39, 0.29) is 22.8 Å².